The monoisotopic (exact) mass is 295 g/mol. The first kappa shape index (κ1) is 14.4. The van der Waals surface area contributed by atoms with Crippen LogP contribution in [-0.4, -0.2) is 46.8 Å². The summed E-state index contributed by atoms with van der Waals surface area (Å²) < 4.78 is 0. The van der Waals surface area contributed by atoms with Crippen molar-refractivity contribution in [3.63, 3.8) is 0 Å². The number of H-pyrrole nitrogens is 1. The summed E-state index contributed by atoms with van der Waals surface area (Å²) in [7, 11) is 0. The Labute approximate surface area is 125 Å². The molecule has 1 aromatic heterocycles. The molecule has 112 valence electrons. The molecule has 0 atom stereocenters. The summed E-state index contributed by atoms with van der Waals surface area (Å²) in [5, 5.41) is 18.7. The summed E-state index contributed by atoms with van der Waals surface area (Å²) in [5.41, 5.74) is 0.679. The number of rotatable bonds is 5. The quantitative estimate of drug-likeness (QED) is 0.571. The lowest BCUT2D eigenvalue weighted by Crippen LogP contribution is -2.43. The van der Waals surface area contributed by atoms with E-state index in [1.54, 1.807) is 18.0 Å². The van der Waals surface area contributed by atoms with Crippen molar-refractivity contribution in [3.8, 4) is 0 Å². The summed E-state index contributed by atoms with van der Waals surface area (Å²) in [5.74, 6) is 1.07. The Morgan fingerprint density at radius 1 is 1.25 bits per heavy atom. The highest BCUT2D eigenvalue weighted by Crippen LogP contribution is 2.43. The molecular formula is C14H25N5S. The number of nitrogens with one attached hydrogen (secondary N) is 3. The fourth-order valence-corrected chi connectivity index (χ4v) is 4.23. The van der Waals surface area contributed by atoms with Crippen LogP contribution in [0.4, 0.5) is 0 Å². The van der Waals surface area contributed by atoms with Crippen molar-refractivity contribution in [3.05, 3.63) is 6.20 Å². The van der Waals surface area contributed by atoms with Crippen LogP contribution >= 0.6 is 11.8 Å². The van der Waals surface area contributed by atoms with Crippen molar-refractivity contribution in [2.24, 2.45) is 5.41 Å². The van der Waals surface area contributed by atoms with E-state index in [9.17, 15) is 0 Å². The molecule has 0 radical (unpaired) electrons. The zero-order valence-electron chi connectivity index (χ0n) is 12.0. The van der Waals surface area contributed by atoms with Gasteiger partial charge in [-0.2, -0.15) is 10.3 Å². The van der Waals surface area contributed by atoms with E-state index in [4.69, 9.17) is 0 Å². The highest BCUT2D eigenvalue weighted by Gasteiger charge is 2.35. The number of nitrogens with zero attached hydrogens (tertiary/aromatic N) is 2. The minimum atomic E-state index is 0.679. The fraction of sp³-hybridized carbons (Fsp3) is 0.857. The molecule has 2 fully saturated rings. The molecule has 1 saturated heterocycles. The Morgan fingerprint density at radius 3 is 2.75 bits per heavy atom. The van der Waals surface area contributed by atoms with Crippen LogP contribution in [0.15, 0.2) is 11.2 Å². The second kappa shape index (κ2) is 6.91. The predicted octanol–water partition coefficient (Wildman–Crippen LogP) is 1.80. The molecule has 3 rings (SSSR count). The Morgan fingerprint density at radius 2 is 2.05 bits per heavy atom. The van der Waals surface area contributed by atoms with Gasteiger partial charge in [-0.05, 0) is 57.0 Å². The highest BCUT2D eigenvalue weighted by molar-refractivity contribution is 7.99. The zero-order valence-corrected chi connectivity index (χ0v) is 12.8. The van der Waals surface area contributed by atoms with Crippen LogP contribution in [0.5, 0.6) is 0 Å². The van der Waals surface area contributed by atoms with Gasteiger partial charge in [-0.1, -0.05) is 0 Å². The lowest BCUT2D eigenvalue weighted by molar-refractivity contribution is 0.116. The number of aromatic nitrogens is 3. The van der Waals surface area contributed by atoms with Gasteiger partial charge in [0, 0.05) is 18.3 Å². The first-order valence-corrected chi connectivity index (χ1v) is 8.78. The Kier molecular flexibility index (Phi) is 4.96. The van der Waals surface area contributed by atoms with Crippen LogP contribution in [0.2, 0.25) is 0 Å². The van der Waals surface area contributed by atoms with E-state index >= 15 is 0 Å². The maximum atomic E-state index is 4.05. The second-order valence-electron chi connectivity index (χ2n) is 6.14. The van der Waals surface area contributed by atoms with Gasteiger partial charge < -0.3 is 10.6 Å². The number of thioether (sulfide) groups is 1. The molecule has 1 aromatic rings. The van der Waals surface area contributed by atoms with Crippen molar-refractivity contribution < 1.29 is 0 Å². The summed E-state index contributed by atoms with van der Waals surface area (Å²) in [6, 6.07) is 0.730. The Bertz CT molecular complexity index is 378. The van der Waals surface area contributed by atoms with Crippen molar-refractivity contribution in [1.29, 1.82) is 0 Å². The fourth-order valence-electron chi connectivity index (χ4n) is 3.57. The van der Waals surface area contributed by atoms with E-state index in [0.717, 1.165) is 23.4 Å². The van der Waals surface area contributed by atoms with Crippen molar-refractivity contribution >= 4 is 11.8 Å². The number of hydrogen-bond acceptors (Lipinski definition) is 5. The van der Waals surface area contributed by atoms with E-state index in [-0.39, 0.29) is 0 Å². The van der Waals surface area contributed by atoms with Crippen LogP contribution in [0.25, 0.3) is 0 Å². The Balaban J connectivity index is 1.32. The SMILES string of the molecule is c1n[nH]nc1SCCNC1CCC2(CCNCC2)CC1. The largest absolute Gasteiger partial charge is 0.317 e. The topological polar surface area (TPSA) is 65.6 Å². The molecule has 1 aliphatic carbocycles. The van der Waals surface area contributed by atoms with Gasteiger partial charge >= 0.3 is 0 Å². The molecule has 2 heterocycles. The summed E-state index contributed by atoms with van der Waals surface area (Å²) >= 11 is 1.76. The minimum absolute atomic E-state index is 0.679. The molecule has 2 aliphatic rings. The van der Waals surface area contributed by atoms with E-state index in [1.807, 2.05) is 0 Å². The smallest absolute Gasteiger partial charge is 0.138 e. The van der Waals surface area contributed by atoms with Gasteiger partial charge in [0.2, 0.25) is 0 Å². The third-order valence-corrected chi connectivity index (χ3v) is 5.79. The number of piperidine rings is 1. The zero-order chi connectivity index (χ0) is 13.7. The molecule has 3 N–H and O–H groups in total. The third kappa shape index (κ3) is 3.74. The molecule has 0 unspecified atom stereocenters. The van der Waals surface area contributed by atoms with Gasteiger partial charge in [0.25, 0.3) is 0 Å². The van der Waals surface area contributed by atoms with Crippen molar-refractivity contribution in [2.45, 2.75) is 49.6 Å². The first-order valence-electron chi connectivity index (χ1n) is 7.79. The van der Waals surface area contributed by atoms with Crippen LogP contribution in [0.3, 0.4) is 0 Å². The maximum absolute atomic E-state index is 4.05. The van der Waals surface area contributed by atoms with E-state index < -0.39 is 0 Å². The van der Waals surface area contributed by atoms with Gasteiger partial charge in [-0.25, -0.2) is 0 Å². The highest BCUT2D eigenvalue weighted by atomic mass is 32.2. The second-order valence-corrected chi connectivity index (χ2v) is 7.25. The molecule has 5 nitrogen and oxygen atoms in total. The summed E-state index contributed by atoms with van der Waals surface area (Å²) in [4.78, 5) is 0. The van der Waals surface area contributed by atoms with Gasteiger partial charge in [0.15, 0.2) is 0 Å². The van der Waals surface area contributed by atoms with Gasteiger partial charge in [0.1, 0.15) is 5.03 Å². The summed E-state index contributed by atoms with van der Waals surface area (Å²) in [6.45, 7) is 3.52. The number of hydrogen-bond donors (Lipinski definition) is 3. The molecule has 1 aliphatic heterocycles. The maximum Gasteiger partial charge on any atom is 0.138 e. The predicted molar refractivity (Wildman–Crippen MR) is 81.9 cm³/mol. The molecule has 20 heavy (non-hydrogen) atoms. The van der Waals surface area contributed by atoms with Gasteiger partial charge in [-0.3, -0.25) is 0 Å². The first-order chi connectivity index (χ1) is 9.86. The van der Waals surface area contributed by atoms with Crippen molar-refractivity contribution in [1.82, 2.24) is 26.0 Å². The van der Waals surface area contributed by atoms with Crippen LogP contribution in [-0.2, 0) is 0 Å². The third-order valence-electron chi connectivity index (χ3n) is 4.89. The molecule has 0 aromatic carbocycles. The normalized spacial score (nSPS) is 23.2. The molecule has 1 saturated carbocycles. The van der Waals surface area contributed by atoms with Crippen molar-refractivity contribution in [2.75, 3.05) is 25.4 Å². The van der Waals surface area contributed by atoms with Crippen LogP contribution < -0.4 is 10.6 Å². The lowest BCUT2D eigenvalue weighted by atomic mass is 9.67. The van der Waals surface area contributed by atoms with Crippen LogP contribution in [0.1, 0.15) is 38.5 Å². The molecular weight excluding hydrogens is 270 g/mol. The molecule has 0 bridgehead atoms. The number of aromatic amines is 1. The summed E-state index contributed by atoms with van der Waals surface area (Å²) in [6.07, 6.45) is 10.1. The average molecular weight is 295 g/mol. The molecule has 0 amide bonds. The van der Waals surface area contributed by atoms with Gasteiger partial charge in [-0.15, -0.1) is 16.9 Å². The minimum Gasteiger partial charge on any atom is -0.317 e. The van der Waals surface area contributed by atoms with Gasteiger partial charge in [0.05, 0.1) is 6.20 Å². The molecule has 1 spiro atoms. The van der Waals surface area contributed by atoms with E-state index in [1.165, 1.54) is 51.6 Å². The van der Waals surface area contributed by atoms with Crippen LogP contribution in [0, 0.1) is 5.41 Å². The van der Waals surface area contributed by atoms with E-state index in [0.29, 0.717) is 5.41 Å². The molecule has 6 heteroatoms. The average Bonchev–Trinajstić information content (AvgIpc) is 3.00. The standard InChI is InChI=1S/C14H25N5S/c1-3-14(5-7-15-8-6-14)4-2-12(1)16-9-10-20-13-11-17-19-18-13/h11-12,15-16H,1-10H2,(H,17,18,19). The lowest BCUT2D eigenvalue weighted by Gasteiger charge is -2.43. The van der Waals surface area contributed by atoms with E-state index in [2.05, 4.69) is 26.0 Å². The Hall–Kier alpha value is -0.590.